The average Bonchev–Trinajstić information content (AvgIpc) is 2.53. The van der Waals surface area contributed by atoms with Gasteiger partial charge in [0.25, 0.3) is 5.91 Å². The quantitative estimate of drug-likeness (QED) is 0.626. The third-order valence-corrected chi connectivity index (χ3v) is 3.44. The van der Waals surface area contributed by atoms with Crippen LogP contribution in [0.1, 0.15) is 30.6 Å². The molecular weight excluding hydrogens is 292 g/mol. The maximum Gasteiger partial charge on any atom is 0.319 e. The number of amides is 3. The standard InChI is InChI=1S/C17H24N4O2/c1-12(2)20-17(23)21-15-5-3-4-14(10-15)16(22)19-11-13-6-8-18-9-7-13/h3-6,10,12,18H,7-9,11H2,1-2H3,(H,19,22)(H2,20,21,23). The van der Waals surface area contributed by atoms with E-state index in [2.05, 4.69) is 27.3 Å². The highest BCUT2D eigenvalue weighted by Crippen LogP contribution is 2.11. The number of anilines is 1. The van der Waals surface area contributed by atoms with E-state index in [9.17, 15) is 9.59 Å². The number of rotatable bonds is 5. The lowest BCUT2D eigenvalue weighted by atomic mass is 10.1. The zero-order valence-electron chi connectivity index (χ0n) is 13.6. The predicted octanol–water partition coefficient (Wildman–Crippen LogP) is 1.87. The second-order valence-corrected chi connectivity index (χ2v) is 5.83. The lowest BCUT2D eigenvalue weighted by Gasteiger charge is -2.15. The van der Waals surface area contributed by atoms with E-state index < -0.39 is 0 Å². The first-order valence-electron chi connectivity index (χ1n) is 7.89. The molecule has 0 bridgehead atoms. The van der Waals surface area contributed by atoms with Crippen molar-refractivity contribution in [1.82, 2.24) is 16.0 Å². The first-order valence-corrected chi connectivity index (χ1v) is 7.89. The number of carbonyl (C=O) groups excluding carboxylic acids is 2. The monoisotopic (exact) mass is 316 g/mol. The molecule has 1 aromatic carbocycles. The second-order valence-electron chi connectivity index (χ2n) is 5.83. The number of urea groups is 1. The molecular formula is C17H24N4O2. The van der Waals surface area contributed by atoms with Gasteiger partial charge >= 0.3 is 6.03 Å². The van der Waals surface area contributed by atoms with Crippen LogP contribution in [0.4, 0.5) is 10.5 Å². The summed E-state index contributed by atoms with van der Waals surface area (Å²) in [6, 6.07) is 6.69. The maximum atomic E-state index is 12.2. The van der Waals surface area contributed by atoms with Crippen LogP contribution in [0, 0.1) is 0 Å². The smallest absolute Gasteiger partial charge is 0.319 e. The van der Waals surface area contributed by atoms with Gasteiger partial charge in [0.15, 0.2) is 0 Å². The van der Waals surface area contributed by atoms with Crippen molar-refractivity contribution >= 4 is 17.6 Å². The zero-order valence-corrected chi connectivity index (χ0v) is 13.6. The largest absolute Gasteiger partial charge is 0.348 e. The summed E-state index contributed by atoms with van der Waals surface area (Å²) in [6.45, 7) is 6.14. The van der Waals surface area contributed by atoms with Crippen LogP contribution in [0.25, 0.3) is 0 Å². The molecule has 3 amide bonds. The Labute approximate surface area is 136 Å². The number of benzene rings is 1. The summed E-state index contributed by atoms with van der Waals surface area (Å²) in [5.41, 5.74) is 2.36. The molecule has 0 radical (unpaired) electrons. The molecule has 0 unspecified atom stereocenters. The summed E-state index contributed by atoms with van der Waals surface area (Å²) in [4.78, 5) is 23.9. The molecule has 0 fully saturated rings. The van der Waals surface area contributed by atoms with Crippen LogP contribution in [0.3, 0.4) is 0 Å². The number of hydrogen-bond acceptors (Lipinski definition) is 3. The van der Waals surface area contributed by atoms with Gasteiger partial charge in [0.2, 0.25) is 0 Å². The summed E-state index contributed by atoms with van der Waals surface area (Å²) in [7, 11) is 0. The third-order valence-electron chi connectivity index (χ3n) is 3.44. The van der Waals surface area contributed by atoms with Crippen molar-refractivity contribution in [2.24, 2.45) is 0 Å². The van der Waals surface area contributed by atoms with Gasteiger partial charge in [-0.2, -0.15) is 0 Å². The van der Waals surface area contributed by atoms with E-state index in [1.165, 1.54) is 5.57 Å². The van der Waals surface area contributed by atoms with Crippen molar-refractivity contribution in [3.63, 3.8) is 0 Å². The van der Waals surface area contributed by atoms with E-state index in [1.54, 1.807) is 24.3 Å². The molecule has 23 heavy (non-hydrogen) atoms. The van der Waals surface area contributed by atoms with E-state index in [0.717, 1.165) is 19.5 Å². The van der Waals surface area contributed by atoms with Crippen LogP contribution in [0.15, 0.2) is 35.9 Å². The summed E-state index contributed by atoms with van der Waals surface area (Å²) < 4.78 is 0. The van der Waals surface area contributed by atoms with Crippen molar-refractivity contribution in [1.29, 1.82) is 0 Å². The molecule has 0 saturated heterocycles. The van der Waals surface area contributed by atoms with Gasteiger partial charge in [0.1, 0.15) is 0 Å². The topological polar surface area (TPSA) is 82.3 Å². The molecule has 4 N–H and O–H groups in total. The molecule has 6 nitrogen and oxygen atoms in total. The summed E-state index contributed by atoms with van der Waals surface area (Å²) in [5.74, 6) is -0.141. The molecule has 124 valence electrons. The lowest BCUT2D eigenvalue weighted by molar-refractivity contribution is 0.0956. The molecule has 1 aromatic rings. The van der Waals surface area contributed by atoms with Crippen molar-refractivity contribution < 1.29 is 9.59 Å². The van der Waals surface area contributed by atoms with Crippen molar-refractivity contribution in [2.75, 3.05) is 25.0 Å². The summed E-state index contributed by atoms with van der Waals surface area (Å²) >= 11 is 0. The fourth-order valence-corrected chi connectivity index (χ4v) is 2.29. The Hall–Kier alpha value is -2.34. The van der Waals surface area contributed by atoms with Crippen LogP contribution in [0.5, 0.6) is 0 Å². The molecule has 0 saturated carbocycles. The molecule has 0 aliphatic carbocycles. The molecule has 1 aliphatic heterocycles. The molecule has 0 aromatic heterocycles. The normalized spacial score (nSPS) is 14.1. The van der Waals surface area contributed by atoms with Gasteiger partial charge in [-0.3, -0.25) is 4.79 Å². The van der Waals surface area contributed by atoms with Gasteiger partial charge in [0, 0.05) is 30.4 Å². The van der Waals surface area contributed by atoms with Crippen LogP contribution < -0.4 is 21.3 Å². The average molecular weight is 316 g/mol. The number of hydrogen-bond donors (Lipinski definition) is 4. The Morgan fingerprint density at radius 1 is 1.30 bits per heavy atom. The SMILES string of the molecule is CC(C)NC(=O)Nc1cccc(C(=O)NCC2=CCNCC2)c1. The molecule has 1 aliphatic rings. The molecule has 0 atom stereocenters. The summed E-state index contributed by atoms with van der Waals surface area (Å²) in [6.07, 6.45) is 3.06. The Morgan fingerprint density at radius 2 is 2.13 bits per heavy atom. The minimum atomic E-state index is -0.280. The van der Waals surface area contributed by atoms with E-state index in [4.69, 9.17) is 0 Å². The summed E-state index contributed by atoms with van der Waals surface area (Å²) in [5, 5.41) is 11.6. The van der Waals surface area contributed by atoms with Gasteiger partial charge in [-0.1, -0.05) is 17.7 Å². The predicted molar refractivity (Wildman–Crippen MR) is 91.6 cm³/mol. The van der Waals surface area contributed by atoms with Crippen molar-refractivity contribution in [3.05, 3.63) is 41.5 Å². The number of carbonyl (C=O) groups is 2. The Kier molecular flexibility index (Phi) is 6.17. The fraction of sp³-hybridized carbons (Fsp3) is 0.412. The van der Waals surface area contributed by atoms with E-state index in [-0.39, 0.29) is 18.0 Å². The Balaban J connectivity index is 1.91. The highest BCUT2D eigenvalue weighted by atomic mass is 16.2. The molecule has 6 heteroatoms. The minimum Gasteiger partial charge on any atom is -0.348 e. The lowest BCUT2D eigenvalue weighted by Crippen LogP contribution is -2.34. The van der Waals surface area contributed by atoms with Gasteiger partial charge in [-0.25, -0.2) is 4.79 Å². The van der Waals surface area contributed by atoms with Crippen LogP contribution in [0.2, 0.25) is 0 Å². The first kappa shape index (κ1) is 17.0. The van der Waals surface area contributed by atoms with Crippen LogP contribution >= 0.6 is 0 Å². The fourth-order valence-electron chi connectivity index (χ4n) is 2.29. The van der Waals surface area contributed by atoms with E-state index in [0.29, 0.717) is 17.8 Å². The van der Waals surface area contributed by atoms with Gasteiger partial charge in [-0.05, 0) is 45.0 Å². The number of nitrogens with one attached hydrogen (secondary N) is 4. The van der Waals surface area contributed by atoms with Crippen molar-refractivity contribution in [2.45, 2.75) is 26.3 Å². The molecule has 0 spiro atoms. The molecule has 2 rings (SSSR count). The first-order chi connectivity index (χ1) is 11.0. The van der Waals surface area contributed by atoms with Crippen molar-refractivity contribution in [3.8, 4) is 0 Å². The highest BCUT2D eigenvalue weighted by Gasteiger charge is 2.10. The minimum absolute atomic E-state index is 0.0553. The highest BCUT2D eigenvalue weighted by molar-refractivity contribution is 5.97. The van der Waals surface area contributed by atoms with Gasteiger partial charge < -0.3 is 21.3 Å². The Bertz CT molecular complexity index is 596. The Morgan fingerprint density at radius 3 is 2.83 bits per heavy atom. The van der Waals surface area contributed by atoms with Gasteiger partial charge in [0.05, 0.1) is 0 Å². The third kappa shape index (κ3) is 5.75. The van der Waals surface area contributed by atoms with Crippen LogP contribution in [-0.2, 0) is 0 Å². The van der Waals surface area contributed by atoms with E-state index >= 15 is 0 Å². The molecule has 1 heterocycles. The second kappa shape index (κ2) is 8.33. The maximum absolute atomic E-state index is 12.2. The van der Waals surface area contributed by atoms with Gasteiger partial charge in [-0.15, -0.1) is 0 Å². The zero-order chi connectivity index (χ0) is 16.7. The van der Waals surface area contributed by atoms with E-state index in [1.807, 2.05) is 13.8 Å². The van der Waals surface area contributed by atoms with Crippen LogP contribution in [-0.4, -0.2) is 37.6 Å².